The molecule has 1 amide bonds. The van der Waals surface area contributed by atoms with Crippen LogP contribution < -0.4 is 11.1 Å². The van der Waals surface area contributed by atoms with Crippen LogP contribution in [0.5, 0.6) is 0 Å². The molecule has 1 fully saturated rings. The second-order valence-corrected chi connectivity index (χ2v) is 3.93. The summed E-state index contributed by atoms with van der Waals surface area (Å²) in [4.78, 5) is 11.3. The Kier molecular flexibility index (Phi) is 6.93. The van der Waals surface area contributed by atoms with Gasteiger partial charge in [0.05, 0.1) is 5.92 Å². The molecular formula is C10H21ClN2O. The predicted molar refractivity (Wildman–Crippen MR) is 60.4 cm³/mol. The summed E-state index contributed by atoms with van der Waals surface area (Å²) in [5.74, 6) is 0.883. The molecule has 0 spiro atoms. The van der Waals surface area contributed by atoms with Crippen molar-refractivity contribution in [1.29, 1.82) is 0 Å². The minimum atomic E-state index is 0. The molecule has 0 aromatic rings. The summed E-state index contributed by atoms with van der Waals surface area (Å²) in [7, 11) is 1.68. The second-order valence-electron chi connectivity index (χ2n) is 3.93. The van der Waals surface area contributed by atoms with Gasteiger partial charge in [-0.1, -0.05) is 25.7 Å². The maximum atomic E-state index is 11.3. The zero-order chi connectivity index (χ0) is 9.68. The van der Waals surface area contributed by atoms with E-state index < -0.39 is 0 Å². The molecule has 0 bridgehead atoms. The molecule has 1 saturated carbocycles. The van der Waals surface area contributed by atoms with Crippen molar-refractivity contribution in [3.05, 3.63) is 0 Å². The molecule has 84 valence electrons. The summed E-state index contributed by atoms with van der Waals surface area (Å²) < 4.78 is 0. The maximum absolute atomic E-state index is 11.3. The van der Waals surface area contributed by atoms with E-state index in [2.05, 4.69) is 5.32 Å². The van der Waals surface area contributed by atoms with Gasteiger partial charge in [-0.15, -0.1) is 12.4 Å². The number of nitrogens with two attached hydrogens (primary N) is 1. The molecule has 0 saturated heterocycles. The van der Waals surface area contributed by atoms with Crippen molar-refractivity contribution < 1.29 is 4.79 Å². The third kappa shape index (κ3) is 3.84. The molecule has 1 rings (SSSR count). The van der Waals surface area contributed by atoms with E-state index in [0.717, 1.165) is 12.3 Å². The molecule has 1 aliphatic carbocycles. The van der Waals surface area contributed by atoms with Crippen LogP contribution in [0.3, 0.4) is 0 Å². The van der Waals surface area contributed by atoms with Crippen LogP contribution in [0.4, 0.5) is 0 Å². The van der Waals surface area contributed by atoms with Crippen LogP contribution in [-0.2, 0) is 4.79 Å². The average molecular weight is 221 g/mol. The molecule has 3 N–H and O–H groups in total. The van der Waals surface area contributed by atoms with Crippen LogP contribution in [0, 0.1) is 11.8 Å². The van der Waals surface area contributed by atoms with Gasteiger partial charge >= 0.3 is 0 Å². The summed E-state index contributed by atoms with van der Waals surface area (Å²) in [6, 6.07) is 0. The normalized spacial score (nSPS) is 18.7. The number of halogens is 1. The SMILES string of the molecule is CNC(=O)C(CN)CC1CCCC1.Cl. The van der Waals surface area contributed by atoms with E-state index in [-0.39, 0.29) is 24.2 Å². The van der Waals surface area contributed by atoms with Gasteiger partial charge < -0.3 is 11.1 Å². The maximum Gasteiger partial charge on any atom is 0.224 e. The van der Waals surface area contributed by atoms with Crippen LogP contribution in [-0.4, -0.2) is 19.5 Å². The number of carbonyl (C=O) groups is 1. The Balaban J connectivity index is 0.00000169. The van der Waals surface area contributed by atoms with Crippen molar-refractivity contribution in [1.82, 2.24) is 5.32 Å². The molecule has 0 heterocycles. The average Bonchev–Trinajstić information content (AvgIpc) is 2.65. The molecule has 14 heavy (non-hydrogen) atoms. The molecule has 1 unspecified atom stereocenters. The topological polar surface area (TPSA) is 55.1 Å². The summed E-state index contributed by atoms with van der Waals surface area (Å²) in [5, 5.41) is 2.67. The van der Waals surface area contributed by atoms with Crippen molar-refractivity contribution in [2.45, 2.75) is 32.1 Å². The molecular weight excluding hydrogens is 200 g/mol. The van der Waals surface area contributed by atoms with E-state index >= 15 is 0 Å². The second kappa shape index (κ2) is 7.07. The number of carbonyl (C=O) groups excluding carboxylic acids is 1. The zero-order valence-corrected chi connectivity index (χ0v) is 9.61. The Bertz CT molecular complexity index is 170. The van der Waals surface area contributed by atoms with Crippen molar-refractivity contribution in [3.63, 3.8) is 0 Å². The van der Waals surface area contributed by atoms with E-state index in [0.29, 0.717) is 6.54 Å². The molecule has 1 aliphatic rings. The Morgan fingerprint density at radius 3 is 2.50 bits per heavy atom. The first-order chi connectivity index (χ1) is 6.27. The largest absolute Gasteiger partial charge is 0.359 e. The van der Waals surface area contributed by atoms with Crippen LogP contribution in [0.2, 0.25) is 0 Å². The van der Waals surface area contributed by atoms with Gasteiger partial charge in [0.25, 0.3) is 0 Å². The van der Waals surface area contributed by atoms with Crippen molar-refractivity contribution >= 4 is 18.3 Å². The number of nitrogens with one attached hydrogen (secondary N) is 1. The van der Waals surface area contributed by atoms with Crippen LogP contribution in [0.25, 0.3) is 0 Å². The molecule has 4 heteroatoms. The highest BCUT2D eigenvalue weighted by Gasteiger charge is 2.23. The number of rotatable bonds is 4. The van der Waals surface area contributed by atoms with E-state index in [1.165, 1.54) is 25.7 Å². The first-order valence-corrected chi connectivity index (χ1v) is 5.19. The summed E-state index contributed by atoms with van der Waals surface area (Å²) in [6.45, 7) is 0.482. The van der Waals surface area contributed by atoms with Crippen molar-refractivity contribution in [3.8, 4) is 0 Å². The summed E-state index contributed by atoms with van der Waals surface area (Å²) >= 11 is 0. The Morgan fingerprint density at radius 1 is 1.50 bits per heavy atom. The summed E-state index contributed by atoms with van der Waals surface area (Å²) in [6.07, 6.45) is 6.21. The molecule has 0 aliphatic heterocycles. The monoisotopic (exact) mass is 220 g/mol. The lowest BCUT2D eigenvalue weighted by Gasteiger charge is -2.16. The smallest absolute Gasteiger partial charge is 0.224 e. The zero-order valence-electron chi connectivity index (χ0n) is 8.79. The highest BCUT2D eigenvalue weighted by molar-refractivity contribution is 5.85. The Hall–Kier alpha value is -0.280. The van der Waals surface area contributed by atoms with Gasteiger partial charge in [0.2, 0.25) is 5.91 Å². The third-order valence-corrected chi connectivity index (χ3v) is 2.99. The number of hydrogen-bond acceptors (Lipinski definition) is 2. The van der Waals surface area contributed by atoms with Gasteiger partial charge in [-0.2, -0.15) is 0 Å². The summed E-state index contributed by atoms with van der Waals surface area (Å²) in [5.41, 5.74) is 5.57. The van der Waals surface area contributed by atoms with Gasteiger partial charge in [0.15, 0.2) is 0 Å². The highest BCUT2D eigenvalue weighted by atomic mass is 35.5. The van der Waals surface area contributed by atoms with Crippen LogP contribution in [0.15, 0.2) is 0 Å². The predicted octanol–water partition coefficient (Wildman–Crippen LogP) is 1.31. The first-order valence-electron chi connectivity index (χ1n) is 5.19. The van der Waals surface area contributed by atoms with E-state index in [9.17, 15) is 4.79 Å². The lowest BCUT2D eigenvalue weighted by Crippen LogP contribution is -2.33. The fourth-order valence-corrected chi connectivity index (χ4v) is 2.16. The molecule has 0 aromatic heterocycles. The Morgan fingerprint density at radius 2 is 2.07 bits per heavy atom. The van der Waals surface area contributed by atoms with Crippen LogP contribution in [0.1, 0.15) is 32.1 Å². The third-order valence-electron chi connectivity index (χ3n) is 2.99. The molecule has 1 atom stereocenters. The lowest BCUT2D eigenvalue weighted by molar-refractivity contribution is -0.124. The van der Waals surface area contributed by atoms with E-state index in [1.54, 1.807) is 7.05 Å². The van der Waals surface area contributed by atoms with Gasteiger partial charge in [-0.25, -0.2) is 0 Å². The van der Waals surface area contributed by atoms with Gasteiger partial charge in [0.1, 0.15) is 0 Å². The van der Waals surface area contributed by atoms with Gasteiger partial charge in [0, 0.05) is 13.6 Å². The molecule has 3 nitrogen and oxygen atoms in total. The quantitative estimate of drug-likeness (QED) is 0.751. The number of hydrogen-bond donors (Lipinski definition) is 2. The molecule has 0 aromatic carbocycles. The Labute approximate surface area is 92.2 Å². The van der Waals surface area contributed by atoms with Crippen molar-refractivity contribution in [2.24, 2.45) is 17.6 Å². The standard InChI is InChI=1S/C10H20N2O.ClH/c1-12-10(13)9(7-11)6-8-4-2-3-5-8;/h8-9H,2-7,11H2,1H3,(H,12,13);1H. The van der Waals surface area contributed by atoms with E-state index in [4.69, 9.17) is 5.73 Å². The fraction of sp³-hybridized carbons (Fsp3) is 0.900. The first kappa shape index (κ1) is 13.7. The van der Waals surface area contributed by atoms with E-state index in [1.807, 2.05) is 0 Å². The molecule has 0 radical (unpaired) electrons. The fourth-order valence-electron chi connectivity index (χ4n) is 2.16. The van der Waals surface area contributed by atoms with Crippen LogP contribution >= 0.6 is 12.4 Å². The highest BCUT2D eigenvalue weighted by Crippen LogP contribution is 2.30. The van der Waals surface area contributed by atoms with Gasteiger partial charge in [-0.05, 0) is 12.3 Å². The van der Waals surface area contributed by atoms with Gasteiger partial charge in [-0.3, -0.25) is 4.79 Å². The number of amides is 1. The van der Waals surface area contributed by atoms with Crippen molar-refractivity contribution in [2.75, 3.05) is 13.6 Å². The minimum Gasteiger partial charge on any atom is -0.359 e. The minimum absolute atomic E-state index is 0. The lowest BCUT2D eigenvalue weighted by atomic mass is 9.93.